The maximum absolute atomic E-state index is 12.8. The number of benzene rings is 1. The predicted octanol–water partition coefficient (Wildman–Crippen LogP) is 1.72. The lowest BCUT2D eigenvalue weighted by molar-refractivity contribution is -0.136. The van der Waals surface area contributed by atoms with Crippen molar-refractivity contribution in [3.8, 4) is 0 Å². The van der Waals surface area contributed by atoms with Gasteiger partial charge in [-0.2, -0.15) is 0 Å². The second kappa shape index (κ2) is 8.85. The molecule has 0 saturated carbocycles. The maximum Gasteiger partial charge on any atom is 0.312 e. The second-order valence-electron chi connectivity index (χ2n) is 6.90. The number of piperazine rings is 1. The van der Waals surface area contributed by atoms with Gasteiger partial charge in [0.05, 0.1) is 0 Å². The number of nitrogens with two attached hydrogens (primary N) is 1. The van der Waals surface area contributed by atoms with E-state index in [2.05, 4.69) is 41.4 Å². The molecule has 6 nitrogen and oxygen atoms in total. The minimum Gasteiger partial charge on any atom is -0.352 e. The van der Waals surface area contributed by atoms with Gasteiger partial charge in [-0.3, -0.25) is 9.69 Å². The minimum atomic E-state index is -0.642. The third kappa shape index (κ3) is 5.19. The molecule has 1 aliphatic heterocycles. The van der Waals surface area contributed by atoms with E-state index in [1.54, 1.807) is 0 Å². The van der Waals surface area contributed by atoms with Gasteiger partial charge >= 0.3 is 6.03 Å². The van der Waals surface area contributed by atoms with Crippen molar-refractivity contribution < 1.29 is 9.59 Å². The number of rotatable bonds is 6. The lowest BCUT2D eigenvalue weighted by atomic mass is 9.97. The number of aryl methyl sites for hydroxylation is 1. The number of nitrogens with zero attached hydrogens (tertiary/aromatic N) is 2. The molecular formula is C19H30N4O2. The molecule has 1 saturated heterocycles. The number of primary amides is 1. The Balaban J connectivity index is 1.92. The summed E-state index contributed by atoms with van der Waals surface area (Å²) < 4.78 is 0. The van der Waals surface area contributed by atoms with Gasteiger partial charge < -0.3 is 16.0 Å². The number of urea groups is 1. The molecule has 0 bridgehead atoms. The summed E-state index contributed by atoms with van der Waals surface area (Å²) in [5.74, 6) is 0.0358. The summed E-state index contributed by atoms with van der Waals surface area (Å²) >= 11 is 0. The van der Waals surface area contributed by atoms with Crippen molar-refractivity contribution in [1.82, 2.24) is 15.1 Å². The first-order chi connectivity index (χ1) is 11.9. The van der Waals surface area contributed by atoms with Crippen LogP contribution >= 0.6 is 0 Å². The van der Waals surface area contributed by atoms with Crippen molar-refractivity contribution in [3.05, 3.63) is 35.4 Å². The fourth-order valence-electron chi connectivity index (χ4n) is 3.19. The average molecular weight is 346 g/mol. The van der Waals surface area contributed by atoms with Gasteiger partial charge in [-0.15, -0.1) is 0 Å². The van der Waals surface area contributed by atoms with Crippen LogP contribution in [0.4, 0.5) is 4.79 Å². The number of carbonyl (C=O) groups is 2. The van der Waals surface area contributed by atoms with Gasteiger partial charge in [-0.25, -0.2) is 4.79 Å². The number of amides is 3. The van der Waals surface area contributed by atoms with Crippen LogP contribution in [-0.2, 0) is 11.3 Å². The SMILES string of the molecule is CC[C@H](C)[C@H](NC(N)=O)C(=O)N1CCN(Cc2ccccc2C)CC1. The summed E-state index contributed by atoms with van der Waals surface area (Å²) in [6, 6.07) is 7.22. The monoisotopic (exact) mass is 346 g/mol. The highest BCUT2D eigenvalue weighted by atomic mass is 16.2. The standard InChI is InChI=1S/C19H30N4O2/c1-4-14(2)17(21-19(20)25)18(24)23-11-9-22(10-12-23)13-16-8-6-5-7-15(16)3/h5-8,14,17H,4,9-13H2,1-3H3,(H3,20,21,25)/t14-,17-/m0/s1. The van der Waals surface area contributed by atoms with E-state index in [-0.39, 0.29) is 11.8 Å². The molecule has 0 aliphatic carbocycles. The first kappa shape index (κ1) is 19.2. The van der Waals surface area contributed by atoms with E-state index in [4.69, 9.17) is 5.73 Å². The number of nitrogens with one attached hydrogen (secondary N) is 1. The highest BCUT2D eigenvalue weighted by molar-refractivity contribution is 5.87. The average Bonchev–Trinajstić information content (AvgIpc) is 2.61. The summed E-state index contributed by atoms with van der Waals surface area (Å²) in [7, 11) is 0. The van der Waals surface area contributed by atoms with Crippen molar-refractivity contribution in [1.29, 1.82) is 0 Å². The van der Waals surface area contributed by atoms with E-state index in [0.717, 1.165) is 26.1 Å². The van der Waals surface area contributed by atoms with E-state index in [1.165, 1.54) is 11.1 Å². The van der Waals surface area contributed by atoms with Gasteiger partial charge in [-0.05, 0) is 24.0 Å². The molecule has 0 unspecified atom stereocenters. The lowest BCUT2D eigenvalue weighted by Gasteiger charge is -2.37. The van der Waals surface area contributed by atoms with Crippen molar-refractivity contribution >= 4 is 11.9 Å². The third-order valence-electron chi connectivity index (χ3n) is 5.12. The van der Waals surface area contributed by atoms with Crippen molar-refractivity contribution in [2.24, 2.45) is 11.7 Å². The van der Waals surface area contributed by atoms with Crippen LogP contribution in [-0.4, -0.2) is 54.0 Å². The fourth-order valence-corrected chi connectivity index (χ4v) is 3.19. The zero-order valence-electron chi connectivity index (χ0n) is 15.5. The molecule has 0 radical (unpaired) electrons. The Labute approximate surface area is 150 Å². The number of carbonyl (C=O) groups excluding carboxylic acids is 2. The Bertz CT molecular complexity index is 597. The molecule has 1 aliphatic rings. The predicted molar refractivity (Wildman–Crippen MR) is 99.0 cm³/mol. The summed E-state index contributed by atoms with van der Waals surface area (Å²) in [4.78, 5) is 28.2. The molecule has 1 fully saturated rings. The van der Waals surface area contributed by atoms with Gasteiger partial charge in [0.15, 0.2) is 0 Å². The van der Waals surface area contributed by atoms with Crippen LogP contribution in [0.2, 0.25) is 0 Å². The Morgan fingerprint density at radius 2 is 1.84 bits per heavy atom. The van der Waals surface area contributed by atoms with Crippen LogP contribution in [0.1, 0.15) is 31.4 Å². The third-order valence-corrected chi connectivity index (χ3v) is 5.12. The molecule has 2 atom stereocenters. The Morgan fingerprint density at radius 1 is 1.20 bits per heavy atom. The lowest BCUT2D eigenvalue weighted by Crippen LogP contribution is -2.57. The van der Waals surface area contributed by atoms with E-state index < -0.39 is 12.1 Å². The highest BCUT2D eigenvalue weighted by Crippen LogP contribution is 2.15. The van der Waals surface area contributed by atoms with Crippen molar-refractivity contribution in [2.75, 3.05) is 26.2 Å². The summed E-state index contributed by atoms with van der Waals surface area (Å²) in [6.45, 7) is 10.0. The normalized spacial score (nSPS) is 17.8. The van der Waals surface area contributed by atoms with E-state index in [1.807, 2.05) is 18.7 Å². The van der Waals surface area contributed by atoms with Gasteiger partial charge in [0.25, 0.3) is 0 Å². The smallest absolute Gasteiger partial charge is 0.312 e. The van der Waals surface area contributed by atoms with Gasteiger partial charge in [0.1, 0.15) is 6.04 Å². The molecule has 138 valence electrons. The quantitative estimate of drug-likeness (QED) is 0.823. The van der Waals surface area contributed by atoms with Gasteiger partial charge in [-0.1, -0.05) is 44.5 Å². The first-order valence-electron chi connectivity index (χ1n) is 9.04. The molecule has 1 heterocycles. The Hall–Kier alpha value is -2.08. The molecule has 1 aromatic rings. The number of hydrogen-bond acceptors (Lipinski definition) is 3. The van der Waals surface area contributed by atoms with E-state index in [0.29, 0.717) is 13.1 Å². The molecule has 3 amide bonds. The van der Waals surface area contributed by atoms with Crippen LogP contribution in [0.3, 0.4) is 0 Å². The molecule has 0 spiro atoms. The molecule has 0 aromatic heterocycles. The van der Waals surface area contributed by atoms with Gasteiger partial charge in [0.2, 0.25) is 5.91 Å². The van der Waals surface area contributed by atoms with Crippen LogP contribution in [0, 0.1) is 12.8 Å². The molecule has 2 rings (SSSR count). The number of hydrogen-bond donors (Lipinski definition) is 2. The van der Waals surface area contributed by atoms with E-state index in [9.17, 15) is 9.59 Å². The van der Waals surface area contributed by atoms with Crippen LogP contribution in [0.5, 0.6) is 0 Å². The second-order valence-corrected chi connectivity index (χ2v) is 6.90. The van der Waals surface area contributed by atoms with Gasteiger partial charge in [0, 0.05) is 32.7 Å². The largest absolute Gasteiger partial charge is 0.352 e. The van der Waals surface area contributed by atoms with Crippen molar-refractivity contribution in [3.63, 3.8) is 0 Å². The topological polar surface area (TPSA) is 78.7 Å². The maximum atomic E-state index is 12.8. The summed E-state index contributed by atoms with van der Waals surface area (Å²) in [5, 5.41) is 2.62. The zero-order valence-corrected chi connectivity index (χ0v) is 15.5. The van der Waals surface area contributed by atoms with Crippen LogP contribution in [0.15, 0.2) is 24.3 Å². The minimum absolute atomic E-state index is 0.0244. The zero-order chi connectivity index (χ0) is 18.4. The molecular weight excluding hydrogens is 316 g/mol. The van der Waals surface area contributed by atoms with Crippen LogP contribution in [0.25, 0.3) is 0 Å². The summed E-state index contributed by atoms with van der Waals surface area (Å²) in [6.07, 6.45) is 0.809. The first-order valence-corrected chi connectivity index (χ1v) is 9.04. The Kier molecular flexibility index (Phi) is 6.82. The van der Waals surface area contributed by atoms with Crippen molar-refractivity contribution in [2.45, 2.75) is 39.8 Å². The molecule has 6 heteroatoms. The highest BCUT2D eigenvalue weighted by Gasteiger charge is 2.31. The molecule has 1 aromatic carbocycles. The summed E-state index contributed by atoms with van der Waals surface area (Å²) in [5.41, 5.74) is 7.87. The fraction of sp³-hybridized carbons (Fsp3) is 0.579. The Morgan fingerprint density at radius 3 is 2.40 bits per heavy atom. The molecule has 25 heavy (non-hydrogen) atoms. The van der Waals surface area contributed by atoms with Crippen LogP contribution < -0.4 is 11.1 Å². The molecule has 3 N–H and O–H groups in total. The van der Waals surface area contributed by atoms with E-state index >= 15 is 0 Å².